The molecule has 0 aliphatic carbocycles. The van der Waals surface area contributed by atoms with E-state index in [4.69, 9.17) is 10.00 Å². The van der Waals surface area contributed by atoms with Crippen molar-refractivity contribution < 1.29 is 9.13 Å². The fourth-order valence-electron chi connectivity index (χ4n) is 2.80. The van der Waals surface area contributed by atoms with Gasteiger partial charge in [-0.2, -0.15) is 5.26 Å². The maximum Gasteiger partial charge on any atom is 0.147 e. The molecule has 5 heteroatoms. The molecular weight excluding hydrogens is 281 g/mol. The highest BCUT2D eigenvalue weighted by Crippen LogP contribution is 2.18. The first-order valence-electron chi connectivity index (χ1n) is 7.85. The summed E-state index contributed by atoms with van der Waals surface area (Å²) in [6.07, 6.45) is 1.06. The minimum absolute atomic E-state index is 0.343. The van der Waals surface area contributed by atoms with E-state index in [1.165, 1.54) is 6.07 Å². The van der Waals surface area contributed by atoms with Gasteiger partial charge >= 0.3 is 0 Å². The first kappa shape index (κ1) is 16.7. The molecule has 1 fully saturated rings. The molecule has 1 atom stereocenters. The van der Waals surface area contributed by atoms with Crippen molar-refractivity contribution in [2.45, 2.75) is 26.3 Å². The Labute approximate surface area is 131 Å². The molecule has 2 rings (SSSR count). The summed E-state index contributed by atoms with van der Waals surface area (Å²) in [4.78, 5) is 2.41. The second-order valence-corrected chi connectivity index (χ2v) is 6.12. The Bertz CT molecular complexity index is 521. The molecule has 0 spiro atoms. The van der Waals surface area contributed by atoms with Crippen molar-refractivity contribution in [1.82, 2.24) is 4.90 Å². The van der Waals surface area contributed by atoms with E-state index in [1.807, 2.05) is 6.07 Å². The minimum Gasteiger partial charge on any atom is -0.381 e. The zero-order chi connectivity index (χ0) is 15.9. The van der Waals surface area contributed by atoms with Gasteiger partial charge in [-0.1, -0.05) is 13.8 Å². The van der Waals surface area contributed by atoms with E-state index in [2.05, 4.69) is 24.1 Å². The summed E-state index contributed by atoms with van der Waals surface area (Å²) in [6, 6.07) is 6.86. The van der Waals surface area contributed by atoms with Gasteiger partial charge in [-0.3, -0.25) is 4.90 Å². The highest BCUT2D eigenvalue weighted by Gasteiger charge is 2.22. The van der Waals surface area contributed by atoms with Crippen LogP contribution >= 0.6 is 0 Å². The maximum absolute atomic E-state index is 13.9. The van der Waals surface area contributed by atoms with Crippen LogP contribution in [0, 0.1) is 23.1 Å². The average Bonchev–Trinajstić information content (AvgIpc) is 2.52. The van der Waals surface area contributed by atoms with Crippen LogP contribution in [-0.2, 0) is 4.74 Å². The highest BCUT2D eigenvalue weighted by atomic mass is 19.1. The number of nitriles is 1. The van der Waals surface area contributed by atoms with Gasteiger partial charge in [-0.25, -0.2) is 4.39 Å². The van der Waals surface area contributed by atoms with Gasteiger partial charge in [-0.15, -0.1) is 0 Å². The number of benzene rings is 1. The summed E-state index contributed by atoms with van der Waals surface area (Å²) in [5, 5.41) is 12.0. The molecule has 1 unspecified atom stereocenters. The third-order valence-corrected chi connectivity index (χ3v) is 3.93. The lowest BCUT2D eigenvalue weighted by molar-refractivity contribution is 0.0150. The average molecular weight is 305 g/mol. The Morgan fingerprint density at radius 2 is 2.09 bits per heavy atom. The maximum atomic E-state index is 13.9. The summed E-state index contributed by atoms with van der Waals surface area (Å²) < 4.78 is 19.4. The second-order valence-electron chi connectivity index (χ2n) is 6.12. The molecule has 0 saturated carbocycles. The number of halogens is 1. The Hall–Kier alpha value is -1.64. The molecule has 0 aromatic heterocycles. The summed E-state index contributed by atoms with van der Waals surface area (Å²) in [5.74, 6) is 0.213. The van der Waals surface area contributed by atoms with Crippen LogP contribution in [0.25, 0.3) is 0 Å². The summed E-state index contributed by atoms with van der Waals surface area (Å²) in [7, 11) is 0. The molecule has 1 heterocycles. The van der Waals surface area contributed by atoms with Crippen LogP contribution in [0.1, 0.15) is 25.8 Å². The van der Waals surface area contributed by atoms with Crippen molar-refractivity contribution in [3.63, 3.8) is 0 Å². The van der Waals surface area contributed by atoms with Gasteiger partial charge < -0.3 is 10.1 Å². The number of rotatable bonds is 6. The SMILES string of the molecule is CC(C)CC(CNc1ccc(C#N)cc1F)N1CCOCC1. The van der Waals surface area contributed by atoms with Crippen LogP contribution in [0.15, 0.2) is 18.2 Å². The summed E-state index contributed by atoms with van der Waals surface area (Å²) in [5.41, 5.74) is 0.802. The molecule has 4 nitrogen and oxygen atoms in total. The molecule has 1 aliphatic rings. The molecular formula is C17H24FN3O. The van der Waals surface area contributed by atoms with E-state index >= 15 is 0 Å². The molecule has 22 heavy (non-hydrogen) atoms. The van der Waals surface area contributed by atoms with Crippen LogP contribution in [0.2, 0.25) is 0 Å². The largest absolute Gasteiger partial charge is 0.381 e. The zero-order valence-corrected chi connectivity index (χ0v) is 13.3. The predicted octanol–water partition coefficient (Wildman–Crippen LogP) is 2.86. The monoisotopic (exact) mass is 305 g/mol. The molecule has 1 saturated heterocycles. The van der Waals surface area contributed by atoms with Crippen molar-refractivity contribution in [3.8, 4) is 6.07 Å². The van der Waals surface area contributed by atoms with Crippen LogP contribution in [-0.4, -0.2) is 43.8 Å². The van der Waals surface area contributed by atoms with Gasteiger partial charge in [0.1, 0.15) is 5.82 Å². The van der Waals surface area contributed by atoms with Gasteiger partial charge in [0.05, 0.1) is 30.5 Å². The lowest BCUT2D eigenvalue weighted by atomic mass is 10.0. The topological polar surface area (TPSA) is 48.3 Å². The fourth-order valence-corrected chi connectivity index (χ4v) is 2.80. The molecule has 1 aromatic carbocycles. The summed E-state index contributed by atoms with van der Waals surface area (Å²) >= 11 is 0. The lowest BCUT2D eigenvalue weighted by Crippen LogP contribution is -2.47. The number of hydrogen-bond acceptors (Lipinski definition) is 4. The first-order chi connectivity index (χ1) is 10.6. The van der Waals surface area contributed by atoms with Gasteiger partial charge in [0, 0.05) is 25.7 Å². The lowest BCUT2D eigenvalue weighted by Gasteiger charge is -2.35. The Morgan fingerprint density at radius 3 is 2.68 bits per heavy atom. The molecule has 1 aliphatic heterocycles. The molecule has 0 amide bonds. The fraction of sp³-hybridized carbons (Fsp3) is 0.588. The quantitative estimate of drug-likeness (QED) is 0.878. The normalized spacial score (nSPS) is 17.2. The summed E-state index contributed by atoms with van der Waals surface area (Å²) in [6.45, 7) is 8.48. The van der Waals surface area contributed by atoms with Crippen molar-refractivity contribution in [1.29, 1.82) is 5.26 Å². The number of ether oxygens (including phenoxy) is 1. The van der Waals surface area contributed by atoms with E-state index in [1.54, 1.807) is 12.1 Å². The van der Waals surface area contributed by atoms with E-state index in [-0.39, 0.29) is 5.82 Å². The predicted molar refractivity (Wildman–Crippen MR) is 85.2 cm³/mol. The van der Waals surface area contributed by atoms with Crippen LogP contribution in [0.3, 0.4) is 0 Å². The van der Waals surface area contributed by atoms with Gasteiger partial charge in [0.2, 0.25) is 0 Å². The van der Waals surface area contributed by atoms with Crippen LogP contribution in [0.4, 0.5) is 10.1 Å². The van der Waals surface area contributed by atoms with E-state index in [0.717, 1.165) is 32.7 Å². The van der Waals surface area contributed by atoms with Crippen LogP contribution in [0.5, 0.6) is 0 Å². The highest BCUT2D eigenvalue weighted by molar-refractivity contribution is 5.48. The third-order valence-electron chi connectivity index (χ3n) is 3.93. The van der Waals surface area contributed by atoms with Crippen molar-refractivity contribution >= 4 is 5.69 Å². The van der Waals surface area contributed by atoms with E-state index in [0.29, 0.717) is 29.8 Å². The number of anilines is 1. The van der Waals surface area contributed by atoms with Gasteiger partial charge in [-0.05, 0) is 30.5 Å². The van der Waals surface area contributed by atoms with Crippen molar-refractivity contribution in [3.05, 3.63) is 29.6 Å². The smallest absolute Gasteiger partial charge is 0.147 e. The molecule has 0 bridgehead atoms. The Morgan fingerprint density at radius 1 is 1.36 bits per heavy atom. The molecule has 1 aromatic rings. The van der Waals surface area contributed by atoms with Gasteiger partial charge in [0.15, 0.2) is 0 Å². The van der Waals surface area contributed by atoms with Gasteiger partial charge in [0.25, 0.3) is 0 Å². The first-order valence-corrected chi connectivity index (χ1v) is 7.85. The Balaban J connectivity index is 1.99. The second kappa shape index (κ2) is 8.11. The zero-order valence-electron chi connectivity index (χ0n) is 13.3. The number of nitrogens with one attached hydrogen (secondary N) is 1. The van der Waals surface area contributed by atoms with Crippen molar-refractivity contribution in [2.24, 2.45) is 5.92 Å². The number of morpholine rings is 1. The molecule has 0 radical (unpaired) electrons. The minimum atomic E-state index is -0.371. The Kier molecular flexibility index (Phi) is 6.17. The van der Waals surface area contributed by atoms with E-state index < -0.39 is 0 Å². The standard InChI is InChI=1S/C17H24FN3O/c1-13(2)9-15(21-5-7-22-8-6-21)12-20-17-4-3-14(11-19)10-16(17)18/h3-4,10,13,15,20H,5-9,12H2,1-2H3. The molecule has 1 N–H and O–H groups in total. The van der Waals surface area contributed by atoms with Crippen LogP contribution < -0.4 is 5.32 Å². The number of hydrogen-bond donors (Lipinski definition) is 1. The van der Waals surface area contributed by atoms with Crippen molar-refractivity contribution in [2.75, 3.05) is 38.2 Å². The van der Waals surface area contributed by atoms with E-state index in [9.17, 15) is 4.39 Å². The molecule has 120 valence electrons. The number of nitrogens with zero attached hydrogens (tertiary/aromatic N) is 2. The third kappa shape index (κ3) is 4.69.